The zero-order valence-electron chi connectivity index (χ0n) is 19.8. The molecule has 1 atom stereocenters. The van der Waals surface area contributed by atoms with Gasteiger partial charge in [0.25, 0.3) is 15.9 Å². The van der Waals surface area contributed by atoms with Gasteiger partial charge >= 0.3 is 5.97 Å². The van der Waals surface area contributed by atoms with Gasteiger partial charge in [0.2, 0.25) is 5.91 Å². The Morgan fingerprint density at radius 3 is 2.18 bits per heavy atom. The highest BCUT2D eigenvalue weighted by Crippen LogP contribution is 2.17. The Balaban J connectivity index is 2.03. The summed E-state index contributed by atoms with van der Waals surface area (Å²) in [6.45, 7) is 7.62. The average molecular weight is 490 g/mol. The lowest BCUT2D eigenvalue weighted by atomic mass is 10.1. The van der Waals surface area contributed by atoms with Gasteiger partial charge in [-0.05, 0) is 55.7 Å². The highest BCUT2D eigenvalue weighted by atomic mass is 32.2. The zero-order chi connectivity index (χ0) is 25.3. The summed E-state index contributed by atoms with van der Waals surface area (Å²) in [5.41, 5.74) is 0.451. The molecule has 0 aliphatic heterocycles. The zero-order valence-corrected chi connectivity index (χ0v) is 20.6. The van der Waals surface area contributed by atoms with Crippen LogP contribution in [0, 0.1) is 5.92 Å². The summed E-state index contributed by atoms with van der Waals surface area (Å²) in [7, 11) is -4.16. The number of benzene rings is 1. The number of hydrogen-bond donors (Lipinski definition) is 2. The number of nitrogens with one attached hydrogen (secondary N) is 2. The van der Waals surface area contributed by atoms with Crippen LogP contribution in [0.1, 0.15) is 74.2 Å². The van der Waals surface area contributed by atoms with Crippen molar-refractivity contribution in [3.8, 4) is 0 Å². The number of carbonyl (C=O) groups is 3. The molecule has 1 aromatic carbocycles. The van der Waals surface area contributed by atoms with Gasteiger partial charge in [0.1, 0.15) is 11.8 Å². The topological polar surface area (TPSA) is 132 Å². The van der Waals surface area contributed by atoms with Gasteiger partial charge < -0.3 is 10.1 Å². The molecule has 184 valence electrons. The molecule has 0 radical (unpaired) electrons. The molecule has 1 aromatic heterocycles. The molecule has 1 heterocycles. The van der Waals surface area contributed by atoms with E-state index in [0.717, 1.165) is 19.0 Å². The number of anilines is 1. The molecule has 0 spiro atoms. The first-order valence-corrected chi connectivity index (χ1v) is 12.7. The summed E-state index contributed by atoms with van der Waals surface area (Å²) in [6, 6.07) is 8.12. The van der Waals surface area contributed by atoms with Crippen LogP contribution < -0.4 is 10.0 Å². The molecule has 0 saturated heterocycles. The van der Waals surface area contributed by atoms with Gasteiger partial charge in [-0.15, -0.1) is 0 Å². The van der Waals surface area contributed by atoms with Crippen molar-refractivity contribution in [1.29, 1.82) is 0 Å². The van der Waals surface area contributed by atoms with E-state index in [1.54, 1.807) is 0 Å². The number of ether oxygens (including phenoxy) is 1. The quantitative estimate of drug-likeness (QED) is 0.457. The summed E-state index contributed by atoms with van der Waals surface area (Å²) < 4.78 is 32.5. The van der Waals surface area contributed by atoms with E-state index in [-0.39, 0.29) is 34.1 Å². The van der Waals surface area contributed by atoms with Crippen molar-refractivity contribution in [2.75, 3.05) is 5.32 Å². The third-order valence-corrected chi connectivity index (χ3v) is 6.59. The smallest absolute Gasteiger partial charge is 0.357 e. The minimum Gasteiger partial charge on any atom is -0.458 e. The monoisotopic (exact) mass is 489 g/mol. The molecule has 2 amide bonds. The third-order valence-electron chi connectivity index (χ3n) is 5.25. The first-order valence-electron chi connectivity index (χ1n) is 11.3. The van der Waals surface area contributed by atoms with E-state index in [1.807, 2.05) is 32.4 Å². The summed E-state index contributed by atoms with van der Waals surface area (Å²) in [6.07, 6.45) is 3.87. The van der Waals surface area contributed by atoms with E-state index < -0.39 is 21.9 Å². The fourth-order valence-corrected chi connectivity index (χ4v) is 4.08. The van der Waals surface area contributed by atoms with E-state index in [2.05, 4.69) is 10.3 Å². The maximum absolute atomic E-state index is 12.6. The minimum atomic E-state index is -4.16. The van der Waals surface area contributed by atoms with Crippen molar-refractivity contribution in [2.45, 2.75) is 64.4 Å². The molecule has 0 aliphatic carbocycles. The molecule has 2 aromatic rings. The van der Waals surface area contributed by atoms with Crippen LogP contribution in [0.25, 0.3) is 0 Å². The van der Waals surface area contributed by atoms with Crippen molar-refractivity contribution in [3.05, 3.63) is 53.9 Å². The van der Waals surface area contributed by atoms with Crippen molar-refractivity contribution < 1.29 is 27.5 Å². The van der Waals surface area contributed by atoms with E-state index in [0.29, 0.717) is 18.5 Å². The summed E-state index contributed by atoms with van der Waals surface area (Å²) in [4.78, 5) is 40.4. The van der Waals surface area contributed by atoms with Gasteiger partial charge in [-0.3, -0.25) is 9.59 Å². The first-order chi connectivity index (χ1) is 16.1. The fraction of sp³-hybridized carbons (Fsp3) is 0.417. The number of amides is 2. The highest BCUT2D eigenvalue weighted by molar-refractivity contribution is 7.90. The Morgan fingerprint density at radius 1 is 1.00 bits per heavy atom. The molecule has 1 unspecified atom stereocenters. The van der Waals surface area contributed by atoms with E-state index in [1.165, 1.54) is 36.4 Å². The Hall–Kier alpha value is -3.27. The van der Waals surface area contributed by atoms with Crippen LogP contribution >= 0.6 is 0 Å². The number of pyridine rings is 1. The molecule has 0 fully saturated rings. The number of aromatic nitrogens is 1. The van der Waals surface area contributed by atoms with Gasteiger partial charge in [0, 0.05) is 17.8 Å². The van der Waals surface area contributed by atoms with E-state index in [4.69, 9.17) is 4.74 Å². The number of sulfonamides is 1. The van der Waals surface area contributed by atoms with Gasteiger partial charge in [0.15, 0.2) is 0 Å². The van der Waals surface area contributed by atoms with Crippen LogP contribution in [-0.4, -0.2) is 37.3 Å². The predicted octanol–water partition coefficient (Wildman–Crippen LogP) is 3.92. The predicted molar refractivity (Wildman–Crippen MR) is 128 cm³/mol. The third kappa shape index (κ3) is 7.38. The number of hydrogen-bond acceptors (Lipinski definition) is 7. The largest absolute Gasteiger partial charge is 0.458 e. The lowest BCUT2D eigenvalue weighted by Gasteiger charge is -2.13. The van der Waals surface area contributed by atoms with Crippen LogP contribution in [0.15, 0.2) is 47.5 Å². The number of carbonyl (C=O) groups excluding carboxylic acids is 3. The van der Waals surface area contributed by atoms with Crippen LogP contribution in [0.4, 0.5) is 5.69 Å². The molecular formula is C24H31N3O6S. The summed E-state index contributed by atoms with van der Waals surface area (Å²) in [5, 5.41) is 2.74. The first kappa shape index (κ1) is 27.0. The Labute approximate surface area is 200 Å². The average Bonchev–Trinajstić information content (AvgIpc) is 2.82. The Morgan fingerprint density at radius 2 is 1.65 bits per heavy atom. The second kappa shape index (κ2) is 12.3. The second-order valence-electron chi connectivity index (χ2n) is 7.91. The molecule has 34 heavy (non-hydrogen) atoms. The van der Waals surface area contributed by atoms with Crippen molar-refractivity contribution >= 4 is 33.5 Å². The fourth-order valence-electron chi connectivity index (χ4n) is 3.10. The van der Waals surface area contributed by atoms with Crippen LogP contribution in [-0.2, 0) is 19.6 Å². The summed E-state index contributed by atoms with van der Waals surface area (Å²) >= 11 is 0. The van der Waals surface area contributed by atoms with Crippen molar-refractivity contribution in [1.82, 2.24) is 9.71 Å². The maximum atomic E-state index is 12.6. The van der Waals surface area contributed by atoms with Crippen LogP contribution in [0.5, 0.6) is 0 Å². The van der Waals surface area contributed by atoms with Crippen LogP contribution in [0.2, 0.25) is 0 Å². The second-order valence-corrected chi connectivity index (χ2v) is 9.60. The van der Waals surface area contributed by atoms with Crippen molar-refractivity contribution in [3.63, 3.8) is 0 Å². The van der Waals surface area contributed by atoms with Gasteiger partial charge in [-0.2, -0.15) is 0 Å². The lowest BCUT2D eigenvalue weighted by Crippen LogP contribution is -2.30. The standard InChI is InChI=1S/C24H31N3O6S/c1-5-8-16(4)22(28)26-18-10-12-20(13-11-18)34(31,32)27-23(29)17-9-14-21(25-15-17)24(30)33-19(6-2)7-3/h9-16,19H,5-8H2,1-4H3,(H,26,28)(H,27,29). The maximum Gasteiger partial charge on any atom is 0.357 e. The normalized spacial score (nSPS) is 12.1. The van der Waals surface area contributed by atoms with Gasteiger partial charge in [-0.1, -0.05) is 34.1 Å². The molecule has 0 aliphatic rings. The molecule has 2 N–H and O–H groups in total. The number of nitrogens with zero attached hydrogens (tertiary/aromatic N) is 1. The Bertz CT molecular complexity index is 1090. The number of rotatable bonds is 11. The van der Waals surface area contributed by atoms with E-state index in [9.17, 15) is 22.8 Å². The SMILES string of the molecule is CCCC(C)C(=O)Nc1ccc(S(=O)(=O)NC(=O)c2ccc(C(=O)OC(CC)CC)nc2)cc1. The molecule has 9 nitrogen and oxygen atoms in total. The number of esters is 1. The van der Waals surface area contributed by atoms with Gasteiger partial charge in [-0.25, -0.2) is 22.9 Å². The molecule has 0 saturated carbocycles. The molecule has 10 heteroatoms. The van der Waals surface area contributed by atoms with Crippen molar-refractivity contribution in [2.24, 2.45) is 5.92 Å². The summed E-state index contributed by atoms with van der Waals surface area (Å²) in [5.74, 6) is -1.80. The van der Waals surface area contributed by atoms with Crippen LogP contribution in [0.3, 0.4) is 0 Å². The van der Waals surface area contributed by atoms with E-state index >= 15 is 0 Å². The minimum absolute atomic E-state index is 0.0252. The lowest BCUT2D eigenvalue weighted by molar-refractivity contribution is -0.119. The molecular weight excluding hydrogens is 458 g/mol. The molecule has 0 bridgehead atoms. The Kier molecular flexibility index (Phi) is 9.73. The molecule has 2 rings (SSSR count). The van der Waals surface area contributed by atoms with Gasteiger partial charge in [0.05, 0.1) is 10.5 Å². The highest BCUT2D eigenvalue weighted by Gasteiger charge is 2.21.